The molecule has 0 saturated heterocycles. The van der Waals surface area contributed by atoms with Crippen LogP contribution in [0.5, 0.6) is 0 Å². The molecular weight excluding hydrogens is 414 g/mol. The predicted molar refractivity (Wildman–Crippen MR) is 119 cm³/mol. The molecule has 0 aliphatic carbocycles. The number of benzene rings is 2. The molecule has 0 spiro atoms. The molecule has 8 heteroatoms. The zero-order valence-corrected chi connectivity index (χ0v) is 17.6. The number of aromatic nitrogens is 4. The van der Waals surface area contributed by atoms with Crippen molar-refractivity contribution in [3.8, 4) is 5.69 Å². The molecule has 31 heavy (non-hydrogen) atoms. The fourth-order valence-corrected chi connectivity index (χ4v) is 3.51. The SMILES string of the molecule is Cc1cc(=O)c(C(=O)NCc2ccccc2Cn2ccnc2)nn1-c1ccccc1Cl. The molecule has 4 aromatic rings. The molecule has 2 aromatic heterocycles. The van der Waals surface area contributed by atoms with E-state index < -0.39 is 11.3 Å². The Bertz CT molecular complexity index is 1280. The number of carbonyl (C=O) groups is 1. The van der Waals surface area contributed by atoms with Crippen molar-refractivity contribution in [3.05, 3.63) is 111 Å². The normalized spacial score (nSPS) is 10.8. The van der Waals surface area contributed by atoms with E-state index in [0.717, 1.165) is 11.1 Å². The Morgan fingerprint density at radius 3 is 2.58 bits per heavy atom. The predicted octanol–water partition coefficient (Wildman–Crippen LogP) is 3.37. The first-order valence-electron chi connectivity index (χ1n) is 9.69. The minimum Gasteiger partial charge on any atom is -0.346 e. The van der Waals surface area contributed by atoms with E-state index in [9.17, 15) is 9.59 Å². The van der Waals surface area contributed by atoms with E-state index in [1.807, 2.05) is 41.1 Å². The first-order valence-corrected chi connectivity index (χ1v) is 10.1. The van der Waals surface area contributed by atoms with E-state index in [0.29, 0.717) is 22.9 Å². The van der Waals surface area contributed by atoms with Gasteiger partial charge < -0.3 is 9.88 Å². The van der Waals surface area contributed by atoms with E-state index in [1.165, 1.54) is 10.7 Å². The lowest BCUT2D eigenvalue weighted by Crippen LogP contribution is -2.32. The van der Waals surface area contributed by atoms with E-state index in [1.54, 1.807) is 37.6 Å². The van der Waals surface area contributed by atoms with Crippen LogP contribution in [0.15, 0.2) is 78.1 Å². The van der Waals surface area contributed by atoms with Gasteiger partial charge in [-0.25, -0.2) is 9.67 Å². The van der Waals surface area contributed by atoms with Crippen LogP contribution in [0, 0.1) is 6.92 Å². The molecule has 7 nitrogen and oxygen atoms in total. The lowest BCUT2D eigenvalue weighted by Gasteiger charge is -2.13. The summed E-state index contributed by atoms with van der Waals surface area (Å²) < 4.78 is 3.45. The van der Waals surface area contributed by atoms with Gasteiger partial charge in [0.1, 0.15) is 0 Å². The second-order valence-corrected chi connectivity index (χ2v) is 7.46. The van der Waals surface area contributed by atoms with Gasteiger partial charge in [0.2, 0.25) is 5.43 Å². The molecule has 4 rings (SSSR count). The quantitative estimate of drug-likeness (QED) is 0.505. The molecule has 0 saturated carbocycles. The smallest absolute Gasteiger partial charge is 0.276 e. The van der Waals surface area contributed by atoms with Gasteiger partial charge >= 0.3 is 0 Å². The van der Waals surface area contributed by atoms with Crippen LogP contribution < -0.4 is 10.7 Å². The number of halogens is 1. The van der Waals surface area contributed by atoms with Gasteiger partial charge in [-0.2, -0.15) is 5.10 Å². The largest absolute Gasteiger partial charge is 0.346 e. The summed E-state index contributed by atoms with van der Waals surface area (Å²) in [5.74, 6) is -0.539. The summed E-state index contributed by atoms with van der Waals surface area (Å²) in [5.41, 5.74) is 2.55. The highest BCUT2D eigenvalue weighted by Gasteiger charge is 2.16. The minimum absolute atomic E-state index is 0.183. The van der Waals surface area contributed by atoms with E-state index in [4.69, 9.17) is 11.6 Å². The van der Waals surface area contributed by atoms with Gasteiger partial charge in [0.25, 0.3) is 5.91 Å². The van der Waals surface area contributed by atoms with Gasteiger partial charge in [-0.3, -0.25) is 9.59 Å². The van der Waals surface area contributed by atoms with Crippen LogP contribution in [0.2, 0.25) is 5.02 Å². The number of nitrogens with zero attached hydrogens (tertiary/aromatic N) is 4. The monoisotopic (exact) mass is 433 g/mol. The van der Waals surface area contributed by atoms with Crippen LogP contribution in [0.25, 0.3) is 5.69 Å². The molecule has 1 amide bonds. The van der Waals surface area contributed by atoms with Crippen molar-refractivity contribution in [2.75, 3.05) is 0 Å². The van der Waals surface area contributed by atoms with E-state index in [-0.39, 0.29) is 12.2 Å². The maximum absolute atomic E-state index is 12.8. The number of amides is 1. The molecule has 0 aliphatic rings. The lowest BCUT2D eigenvalue weighted by atomic mass is 10.1. The summed E-state index contributed by atoms with van der Waals surface area (Å²) in [4.78, 5) is 29.3. The number of para-hydroxylation sites is 1. The van der Waals surface area contributed by atoms with Crippen LogP contribution in [0.4, 0.5) is 0 Å². The third kappa shape index (κ3) is 4.57. The molecule has 2 heterocycles. The molecule has 0 fully saturated rings. The molecule has 1 N–H and O–H groups in total. The topological polar surface area (TPSA) is 81.8 Å². The fourth-order valence-electron chi connectivity index (χ4n) is 3.29. The van der Waals surface area contributed by atoms with Gasteiger partial charge in [-0.1, -0.05) is 48.0 Å². The summed E-state index contributed by atoms with van der Waals surface area (Å²) >= 11 is 6.27. The number of rotatable bonds is 6. The first kappa shape index (κ1) is 20.6. The Morgan fingerprint density at radius 2 is 1.84 bits per heavy atom. The van der Waals surface area contributed by atoms with Crippen molar-refractivity contribution in [2.45, 2.75) is 20.0 Å². The highest BCUT2D eigenvalue weighted by molar-refractivity contribution is 6.32. The van der Waals surface area contributed by atoms with Gasteiger partial charge in [-0.15, -0.1) is 0 Å². The van der Waals surface area contributed by atoms with Crippen molar-refractivity contribution in [2.24, 2.45) is 0 Å². The molecule has 0 unspecified atom stereocenters. The Morgan fingerprint density at radius 1 is 1.10 bits per heavy atom. The molecule has 0 radical (unpaired) electrons. The summed E-state index contributed by atoms with van der Waals surface area (Å²) in [5, 5.41) is 7.58. The highest BCUT2D eigenvalue weighted by Crippen LogP contribution is 2.19. The molecule has 2 aromatic carbocycles. The van der Waals surface area contributed by atoms with Crippen molar-refractivity contribution >= 4 is 17.5 Å². The number of hydrogen-bond acceptors (Lipinski definition) is 4. The third-order valence-electron chi connectivity index (χ3n) is 4.87. The molecular formula is C23H20ClN5O2. The molecule has 156 valence electrons. The Kier molecular flexibility index (Phi) is 5.95. The van der Waals surface area contributed by atoms with Crippen molar-refractivity contribution in [3.63, 3.8) is 0 Å². The second-order valence-electron chi connectivity index (χ2n) is 7.05. The lowest BCUT2D eigenvalue weighted by molar-refractivity contribution is 0.0943. The summed E-state index contributed by atoms with van der Waals surface area (Å²) in [6.07, 6.45) is 5.34. The summed E-state index contributed by atoms with van der Waals surface area (Å²) in [6, 6.07) is 16.3. The van der Waals surface area contributed by atoms with E-state index in [2.05, 4.69) is 15.4 Å². The average molecular weight is 434 g/mol. The van der Waals surface area contributed by atoms with Crippen molar-refractivity contribution in [1.29, 1.82) is 0 Å². The minimum atomic E-state index is -0.539. The third-order valence-corrected chi connectivity index (χ3v) is 5.19. The maximum atomic E-state index is 12.8. The second kappa shape index (κ2) is 8.97. The molecule has 0 atom stereocenters. The van der Waals surface area contributed by atoms with Crippen LogP contribution in [0.3, 0.4) is 0 Å². The number of nitrogens with one attached hydrogen (secondary N) is 1. The standard InChI is InChI=1S/C23H20ClN5O2/c1-16-12-21(30)22(27-29(16)20-9-5-4-8-19(20)24)23(31)26-13-17-6-2-3-7-18(17)14-28-11-10-25-15-28/h2-12,15H,13-14H2,1H3,(H,26,31). The van der Waals surface area contributed by atoms with Crippen LogP contribution in [-0.2, 0) is 13.1 Å². The fraction of sp³-hybridized carbons (Fsp3) is 0.130. The zero-order valence-electron chi connectivity index (χ0n) is 16.8. The van der Waals surface area contributed by atoms with Crippen LogP contribution >= 0.6 is 11.6 Å². The van der Waals surface area contributed by atoms with Gasteiger partial charge in [-0.05, 0) is 30.2 Å². The number of aryl methyl sites for hydroxylation is 1. The molecule has 0 aliphatic heterocycles. The van der Waals surface area contributed by atoms with E-state index >= 15 is 0 Å². The van der Waals surface area contributed by atoms with Crippen molar-refractivity contribution in [1.82, 2.24) is 24.6 Å². The van der Waals surface area contributed by atoms with Gasteiger partial charge in [0.05, 0.1) is 17.0 Å². The van der Waals surface area contributed by atoms with Gasteiger partial charge in [0.15, 0.2) is 5.69 Å². The summed E-state index contributed by atoms with van der Waals surface area (Å²) in [6.45, 7) is 2.64. The average Bonchev–Trinajstić information content (AvgIpc) is 3.27. The summed E-state index contributed by atoms with van der Waals surface area (Å²) in [7, 11) is 0. The van der Waals surface area contributed by atoms with Crippen molar-refractivity contribution < 1.29 is 4.79 Å². The number of hydrogen-bond donors (Lipinski definition) is 1. The Labute approximate surface area is 183 Å². The Balaban J connectivity index is 1.57. The number of imidazole rings is 1. The maximum Gasteiger partial charge on any atom is 0.276 e. The number of carbonyl (C=O) groups excluding carboxylic acids is 1. The molecule has 0 bridgehead atoms. The van der Waals surface area contributed by atoms with Gasteiger partial charge in [0, 0.05) is 37.2 Å². The Hall–Kier alpha value is -3.71. The van der Waals surface area contributed by atoms with Crippen LogP contribution in [0.1, 0.15) is 27.3 Å². The highest BCUT2D eigenvalue weighted by atomic mass is 35.5. The zero-order chi connectivity index (χ0) is 21.8. The first-order chi connectivity index (χ1) is 15.0. The van der Waals surface area contributed by atoms with Crippen LogP contribution in [-0.4, -0.2) is 25.2 Å².